The van der Waals surface area contributed by atoms with Gasteiger partial charge in [0.05, 0.1) is 5.00 Å². The lowest BCUT2D eigenvalue weighted by Crippen LogP contribution is -2.07. The smallest absolute Gasteiger partial charge is 0.345 e. The molecule has 0 saturated carbocycles. The van der Waals surface area contributed by atoms with Crippen molar-refractivity contribution in [1.82, 2.24) is 0 Å². The van der Waals surface area contributed by atoms with E-state index in [1.54, 1.807) is 6.07 Å². The zero-order valence-electron chi connectivity index (χ0n) is 9.68. The van der Waals surface area contributed by atoms with Crippen molar-refractivity contribution < 1.29 is 9.90 Å². The molecule has 0 spiro atoms. The first kappa shape index (κ1) is 11.7. The topological polar surface area (TPSA) is 40.5 Å². The Kier molecular flexibility index (Phi) is 3.15. The predicted molar refractivity (Wildman–Crippen MR) is 70.5 cm³/mol. The normalized spacial score (nSPS) is 10.2. The first-order valence-corrected chi connectivity index (χ1v) is 6.03. The Hall–Kier alpha value is -1.81. The minimum Gasteiger partial charge on any atom is -0.477 e. The number of rotatable bonds is 3. The van der Waals surface area contributed by atoms with E-state index in [2.05, 4.69) is 6.07 Å². The van der Waals surface area contributed by atoms with Gasteiger partial charge >= 0.3 is 5.97 Å². The van der Waals surface area contributed by atoms with E-state index in [0.717, 1.165) is 10.7 Å². The van der Waals surface area contributed by atoms with Gasteiger partial charge in [-0.25, -0.2) is 4.79 Å². The lowest BCUT2D eigenvalue weighted by Gasteiger charge is -2.17. The van der Waals surface area contributed by atoms with Gasteiger partial charge in [-0.3, -0.25) is 0 Å². The first-order chi connectivity index (χ1) is 8.08. The van der Waals surface area contributed by atoms with Gasteiger partial charge in [0.2, 0.25) is 0 Å². The van der Waals surface area contributed by atoms with Gasteiger partial charge in [-0.05, 0) is 36.8 Å². The van der Waals surface area contributed by atoms with Crippen molar-refractivity contribution in [1.29, 1.82) is 0 Å². The van der Waals surface area contributed by atoms with Gasteiger partial charge in [-0.15, -0.1) is 11.3 Å². The molecule has 1 aromatic carbocycles. The Morgan fingerprint density at radius 3 is 2.65 bits per heavy atom. The summed E-state index contributed by atoms with van der Waals surface area (Å²) in [5.41, 5.74) is 2.24. The number of benzene rings is 1. The maximum atomic E-state index is 10.8. The molecule has 2 aromatic rings. The number of aryl methyl sites for hydroxylation is 1. The van der Waals surface area contributed by atoms with E-state index < -0.39 is 5.97 Å². The highest BCUT2D eigenvalue weighted by atomic mass is 32.1. The summed E-state index contributed by atoms with van der Waals surface area (Å²) in [7, 11) is 1.94. The van der Waals surface area contributed by atoms with Crippen molar-refractivity contribution >= 4 is 28.0 Å². The van der Waals surface area contributed by atoms with Crippen LogP contribution in [-0.2, 0) is 0 Å². The van der Waals surface area contributed by atoms with Crippen LogP contribution < -0.4 is 4.90 Å². The summed E-state index contributed by atoms with van der Waals surface area (Å²) in [6, 6.07) is 11.6. The molecule has 17 heavy (non-hydrogen) atoms. The van der Waals surface area contributed by atoms with E-state index >= 15 is 0 Å². The number of thiophene rings is 1. The molecule has 0 aliphatic heterocycles. The molecule has 1 aromatic heterocycles. The number of hydrogen-bond donors (Lipinski definition) is 1. The van der Waals surface area contributed by atoms with Crippen LogP contribution in [0, 0.1) is 6.92 Å². The van der Waals surface area contributed by atoms with Crippen molar-refractivity contribution in [3.63, 3.8) is 0 Å². The molecule has 0 saturated heterocycles. The van der Waals surface area contributed by atoms with Gasteiger partial charge in [0.25, 0.3) is 0 Å². The Bertz CT molecular complexity index is 548. The Balaban J connectivity index is 2.30. The number of anilines is 2. The van der Waals surface area contributed by atoms with Crippen LogP contribution in [0.2, 0.25) is 0 Å². The van der Waals surface area contributed by atoms with Gasteiger partial charge < -0.3 is 10.0 Å². The Morgan fingerprint density at radius 2 is 2.06 bits per heavy atom. The number of carbonyl (C=O) groups is 1. The molecular formula is C13H13NO2S. The monoisotopic (exact) mass is 247 g/mol. The van der Waals surface area contributed by atoms with Gasteiger partial charge in [-0.2, -0.15) is 0 Å². The fraction of sp³-hybridized carbons (Fsp3) is 0.154. The lowest BCUT2D eigenvalue weighted by atomic mass is 10.2. The van der Waals surface area contributed by atoms with Gasteiger partial charge in [0.15, 0.2) is 0 Å². The van der Waals surface area contributed by atoms with Crippen LogP contribution in [0.3, 0.4) is 0 Å². The number of carboxylic acids is 1. The van der Waals surface area contributed by atoms with E-state index in [1.807, 2.05) is 43.1 Å². The van der Waals surface area contributed by atoms with Crippen LogP contribution >= 0.6 is 11.3 Å². The maximum Gasteiger partial charge on any atom is 0.345 e. The average Bonchev–Trinajstić information content (AvgIpc) is 2.77. The highest BCUT2D eigenvalue weighted by molar-refractivity contribution is 7.17. The zero-order chi connectivity index (χ0) is 12.4. The van der Waals surface area contributed by atoms with Crippen LogP contribution in [0.1, 0.15) is 15.2 Å². The van der Waals surface area contributed by atoms with Crippen LogP contribution in [-0.4, -0.2) is 18.1 Å². The van der Waals surface area contributed by atoms with Crippen molar-refractivity contribution in [2.24, 2.45) is 0 Å². The molecule has 0 aliphatic rings. The average molecular weight is 247 g/mol. The summed E-state index contributed by atoms with van der Waals surface area (Å²) < 4.78 is 0. The van der Waals surface area contributed by atoms with Crippen molar-refractivity contribution in [2.75, 3.05) is 11.9 Å². The minimum absolute atomic E-state index is 0.361. The molecule has 1 heterocycles. The van der Waals surface area contributed by atoms with E-state index in [9.17, 15) is 4.79 Å². The molecule has 2 rings (SSSR count). The SMILES string of the molecule is Cc1cccc(N(C)c2ccc(C(=O)O)s2)c1. The fourth-order valence-electron chi connectivity index (χ4n) is 1.59. The molecule has 1 N–H and O–H groups in total. The van der Waals surface area contributed by atoms with E-state index in [1.165, 1.54) is 16.9 Å². The molecule has 0 bridgehead atoms. The second kappa shape index (κ2) is 4.59. The molecule has 0 atom stereocenters. The summed E-state index contributed by atoms with van der Waals surface area (Å²) >= 11 is 1.28. The molecular weight excluding hydrogens is 234 g/mol. The van der Waals surface area contributed by atoms with Gasteiger partial charge in [-0.1, -0.05) is 12.1 Å². The second-order valence-electron chi connectivity index (χ2n) is 3.84. The lowest BCUT2D eigenvalue weighted by molar-refractivity contribution is 0.0702. The van der Waals surface area contributed by atoms with E-state index in [-0.39, 0.29) is 0 Å². The number of aromatic carboxylic acids is 1. The van der Waals surface area contributed by atoms with E-state index in [0.29, 0.717) is 4.88 Å². The molecule has 0 fully saturated rings. The third-order valence-corrected chi connectivity index (χ3v) is 3.67. The van der Waals surface area contributed by atoms with Crippen LogP contribution in [0.25, 0.3) is 0 Å². The molecule has 88 valence electrons. The maximum absolute atomic E-state index is 10.8. The molecule has 0 amide bonds. The van der Waals surface area contributed by atoms with Crippen LogP contribution in [0.15, 0.2) is 36.4 Å². The fourth-order valence-corrected chi connectivity index (χ4v) is 2.41. The van der Waals surface area contributed by atoms with Gasteiger partial charge in [0, 0.05) is 12.7 Å². The first-order valence-electron chi connectivity index (χ1n) is 5.21. The molecule has 3 nitrogen and oxygen atoms in total. The third kappa shape index (κ3) is 2.47. The Labute approximate surface area is 104 Å². The second-order valence-corrected chi connectivity index (χ2v) is 4.90. The zero-order valence-corrected chi connectivity index (χ0v) is 10.5. The Morgan fingerprint density at radius 1 is 1.29 bits per heavy atom. The highest BCUT2D eigenvalue weighted by Gasteiger charge is 2.11. The third-order valence-electron chi connectivity index (χ3n) is 2.52. The van der Waals surface area contributed by atoms with Crippen molar-refractivity contribution in [3.05, 3.63) is 46.8 Å². The largest absolute Gasteiger partial charge is 0.477 e. The van der Waals surface area contributed by atoms with E-state index in [4.69, 9.17) is 5.11 Å². The summed E-state index contributed by atoms with van der Waals surface area (Å²) in [6.45, 7) is 2.04. The van der Waals surface area contributed by atoms with Crippen molar-refractivity contribution in [2.45, 2.75) is 6.92 Å². The summed E-state index contributed by atoms with van der Waals surface area (Å²) in [4.78, 5) is 13.2. The predicted octanol–water partition coefficient (Wildman–Crippen LogP) is 3.52. The summed E-state index contributed by atoms with van der Waals surface area (Å²) in [5, 5.41) is 9.81. The highest BCUT2D eigenvalue weighted by Crippen LogP contribution is 2.30. The minimum atomic E-state index is -0.876. The molecule has 4 heteroatoms. The molecule has 0 unspecified atom stereocenters. The van der Waals surface area contributed by atoms with Crippen LogP contribution in [0.5, 0.6) is 0 Å². The molecule has 0 radical (unpaired) electrons. The van der Waals surface area contributed by atoms with Crippen LogP contribution in [0.4, 0.5) is 10.7 Å². The number of nitrogens with zero attached hydrogens (tertiary/aromatic N) is 1. The standard InChI is InChI=1S/C13H13NO2S/c1-9-4-3-5-10(8-9)14(2)12-7-6-11(17-12)13(15)16/h3-8H,1-2H3,(H,15,16). The quantitative estimate of drug-likeness (QED) is 0.902. The molecule has 0 aliphatic carbocycles. The van der Waals surface area contributed by atoms with Gasteiger partial charge in [0.1, 0.15) is 4.88 Å². The number of hydrogen-bond acceptors (Lipinski definition) is 3. The number of carboxylic acid groups (broad SMARTS) is 1. The van der Waals surface area contributed by atoms with Crippen molar-refractivity contribution in [3.8, 4) is 0 Å². The summed E-state index contributed by atoms with van der Waals surface area (Å²) in [5.74, 6) is -0.876. The summed E-state index contributed by atoms with van der Waals surface area (Å²) in [6.07, 6.45) is 0.